The predicted octanol–water partition coefficient (Wildman–Crippen LogP) is 4.47. The molecule has 1 unspecified atom stereocenters. The van der Waals surface area contributed by atoms with E-state index in [0.29, 0.717) is 6.61 Å². The van der Waals surface area contributed by atoms with Crippen LogP contribution in [0.1, 0.15) is 36.3 Å². The van der Waals surface area contributed by atoms with Gasteiger partial charge in [0.15, 0.2) is 0 Å². The number of aryl methyl sites for hydroxylation is 2. The molecule has 1 atom stereocenters. The number of halogens is 1. The van der Waals surface area contributed by atoms with Crippen LogP contribution in [0.3, 0.4) is 0 Å². The topological polar surface area (TPSA) is 22.1 Å². The van der Waals surface area contributed by atoms with E-state index < -0.39 is 0 Å². The highest BCUT2D eigenvalue weighted by molar-refractivity contribution is 7.19. The van der Waals surface area contributed by atoms with Crippen molar-refractivity contribution in [1.82, 2.24) is 4.98 Å². The smallest absolute Gasteiger partial charge is 0.125 e. The van der Waals surface area contributed by atoms with Crippen LogP contribution in [0, 0.1) is 12.8 Å². The van der Waals surface area contributed by atoms with Gasteiger partial charge in [-0.2, -0.15) is 0 Å². The molecule has 0 saturated heterocycles. The van der Waals surface area contributed by atoms with Crippen molar-refractivity contribution in [2.24, 2.45) is 5.92 Å². The summed E-state index contributed by atoms with van der Waals surface area (Å²) >= 11 is 1.90. The minimum absolute atomic E-state index is 0. The lowest BCUT2D eigenvalue weighted by Gasteiger charge is -2.18. The summed E-state index contributed by atoms with van der Waals surface area (Å²) in [6.07, 6.45) is 3.62. The number of nitrogens with zero attached hydrogens (tertiary/aromatic N) is 1. The Bertz CT molecular complexity index is 1210. The molecule has 160 valence electrons. The summed E-state index contributed by atoms with van der Waals surface area (Å²) in [5.41, 5.74) is 7.60. The molecule has 2 aromatic heterocycles. The molecule has 0 bridgehead atoms. The highest BCUT2D eigenvalue weighted by atomic mass is 35.5. The van der Waals surface area contributed by atoms with Gasteiger partial charge < -0.3 is 17.1 Å². The number of hydrogen-bond donors (Lipinski definition) is 0. The zero-order valence-electron chi connectivity index (χ0n) is 18.2. The van der Waals surface area contributed by atoms with Gasteiger partial charge in [-0.3, -0.25) is 0 Å². The van der Waals surface area contributed by atoms with Crippen LogP contribution in [0.5, 0.6) is 5.75 Å². The maximum absolute atomic E-state index is 5.62. The molecule has 2 nitrogen and oxygen atoms in total. The maximum Gasteiger partial charge on any atom is 0.125 e. The van der Waals surface area contributed by atoms with Gasteiger partial charge in [-0.1, -0.05) is 36.8 Å². The Hall–Kier alpha value is -2.36. The first-order chi connectivity index (χ1) is 14.6. The minimum atomic E-state index is 0. The molecule has 2 aromatic carbocycles. The lowest BCUT2D eigenvalue weighted by atomic mass is 9.87. The molecule has 0 radical (unpaired) electrons. The Balaban J connectivity index is 0.00000231. The fourth-order valence-electron chi connectivity index (χ4n) is 4.52. The maximum atomic E-state index is 5.62. The average molecular weight is 449 g/mol. The van der Waals surface area contributed by atoms with Crippen LogP contribution in [-0.4, -0.2) is 11.6 Å². The van der Waals surface area contributed by atoms with Crippen molar-refractivity contribution < 1.29 is 17.1 Å². The molecule has 0 saturated carbocycles. The summed E-state index contributed by atoms with van der Waals surface area (Å²) in [4.78, 5) is 7.85. The third-order valence-corrected chi connectivity index (χ3v) is 7.20. The van der Waals surface area contributed by atoms with Crippen LogP contribution < -0.4 is 17.1 Å². The first-order valence-corrected chi connectivity index (χ1v) is 11.7. The summed E-state index contributed by atoms with van der Waals surface area (Å²) in [6, 6.07) is 19.5. The molecular weight excluding hydrogens is 422 g/mol. The number of fused-ring (bicyclic) bond motifs is 3. The zero-order chi connectivity index (χ0) is 20.7. The normalized spacial score (nSPS) is 15.4. The molecule has 0 fully saturated rings. The molecule has 31 heavy (non-hydrogen) atoms. The quantitative estimate of drug-likeness (QED) is 0.459. The van der Waals surface area contributed by atoms with Crippen LogP contribution in [0.2, 0.25) is 0 Å². The summed E-state index contributed by atoms with van der Waals surface area (Å²) in [5, 5.41) is 1.38. The molecule has 4 aromatic rings. The monoisotopic (exact) mass is 448 g/mol. The third-order valence-electron chi connectivity index (χ3n) is 6.06. The average Bonchev–Trinajstić information content (AvgIpc) is 3.11. The molecule has 0 spiro atoms. The van der Waals surface area contributed by atoms with E-state index in [9.17, 15) is 0 Å². The molecule has 2 heterocycles. The second-order valence-electron chi connectivity index (χ2n) is 8.41. The fourth-order valence-corrected chi connectivity index (χ4v) is 5.93. The standard InChI is InChI=1S/C27H27NOS.ClH/c1-4-29-21-11-9-19(10-12-21)24-16-23(20-7-5-6-17(2)14-20)26-22-13-8-18(3)15-25(22)30-27(26)28-24;/h5-7,9-12,14,16,18H,4,8,13,15H2,1-3H3;1H/p-1. The van der Waals surface area contributed by atoms with E-state index in [4.69, 9.17) is 9.72 Å². The van der Waals surface area contributed by atoms with E-state index in [1.807, 2.05) is 30.4 Å². The summed E-state index contributed by atoms with van der Waals surface area (Å²) in [6.45, 7) is 7.23. The van der Waals surface area contributed by atoms with Gasteiger partial charge in [0.1, 0.15) is 10.6 Å². The van der Waals surface area contributed by atoms with E-state index >= 15 is 0 Å². The first-order valence-electron chi connectivity index (χ1n) is 10.9. The van der Waals surface area contributed by atoms with Gasteiger partial charge in [-0.05, 0) is 86.1 Å². The fraction of sp³-hybridized carbons (Fsp3) is 0.296. The van der Waals surface area contributed by atoms with Crippen molar-refractivity contribution in [2.75, 3.05) is 6.61 Å². The second kappa shape index (κ2) is 9.02. The number of thiophene rings is 1. The van der Waals surface area contributed by atoms with Crippen molar-refractivity contribution in [1.29, 1.82) is 0 Å². The van der Waals surface area contributed by atoms with Crippen LogP contribution in [0.15, 0.2) is 54.6 Å². The number of ether oxygens (including phenoxy) is 1. The number of aromatic nitrogens is 1. The molecule has 5 rings (SSSR count). The number of pyridine rings is 1. The first kappa shape index (κ1) is 21.9. The Morgan fingerprint density at radius 2 is 1.87 bits per heavy atom. The van der Waals surface area contributed by atoms with Crippen molar-refractivity contribution in [3.63, 3.8) is 0 Å². The van der Waals surface area contributed by atoms with Crippen LogP contribution in [0.4, 0.5) is 0 Å². The predicted molar refractivity (Wildman–Crippen MR) is 128 cm³/mol. The molecule has 0 N–H and O–H groups in total. The van der Waals surface area contributed by atoms with Crippen molar-refractivity contribution >= 4 is 21.6 Å². The van der Waals surface area contributed by atoms with Gasteiger partial charge in [0.25, 0.3) is 0 Å². The van der Waals surface area contributed by atoms with E-state index in [1.165, 1.54) is 56.6 Å². The van der Waals surface area contributed by atoms with Crippen molar-refractivity contribution in [3.8, 4) is 28.1 Å². The van der Waals surface area contributed by atoms with E-state index in [0.717, 1.165) is 22.9 Å². The molecule has 1 aliphatic rings. The van der Waals surface area contributed by atoms with E-state index in [1.54, 1.807) is 0 Å². The summed E-state index contributed by atoms with van der Waals surface area (Å²) in [5.74, 6) is 1.67. The van der Waals surface area contributed by atoms with Crippen molar-refractivity contribution in [3.05, 3.63) is 70.6 Å². The molecule has 1 aliphatic carbocycles. The Labute approximate surface area is 194 Å². The molecule has 0 amide bonds. The highest BCUT2D eigenvalue weighted by Crippen LogP contribution is 2.43. The number of hydrogen-bond acceptors (Lipinski definition) is 3. The van der Waals surface area contributed by atoms with Crippen LogP contribution >= 0.6 is 11.3 Å². The Morgan fingerprint density at radius 3 is 2.61 bits per heavy atom. The highest BCUT2D eigenvalue weighted by Gasteiger charge is 2.24. The lowest BCUT2D eigenvalue weighted by molar-refractivity contribution is -0.00000663. The molecule has 0 aliphatic heterocycles. The van der Waals surface area contributed by atoms with Gasteiger partial charge in [-0.15, -0.1) is 11.3 Å². The zero-order valence-corrected chi connectivity index (χ0v) is 19.8. The Kier molecular flexibility index (Phi) is 6.36. The summed E-state index contributed by atoms with van der Waals surface area (Å²) in [7, 11) is 0. The van der Waals surface area contributed by atoms with Crippen LogP contribution in [0.25, 0.3) is 32.6 Å². The largest absolute Gasteiger partial charge is 1.00 e. The van der Waals surface area contributed by atoms with Gasteiger partial charge in [0, 0.05) is 15.8 Å². The van der Waals surface area contributed by atoms with Gasteiger partial charge in [-0.25, -0.2) is 4.98 Å². The molecular formula is C27H27ClNOS-. The van der Waals surface area contributed by atoms with E-state index in [2.05, 4.69) is 56.3 Å². The Morgan fingerprint density at radius 1 is 1.06 bits per heavy atom. The molecule has 4 heteroatoms. The second-order valence-corrected chi connectivity index (χ2v) is 9.50. The van der Waals surface area contributed by atoms with Gasteiger partial charge in [0.05, 0.1) is 12.3 Å². The SMILES string of the molecule is CCOc1ccc(-c2cc(-c3cccc(C)c3)c3c4c(sc3n2)CC(C)CC4)cc1.[Cl-]. The number of benzene rings is 2. The minimum Gasteiger partial charge on any atom is -1.00 e. The van der Waals surface area contributed by atoms with Gasteiger partial charge >= 0.3 is 0 Å². The van der Waals surface area contributed by atoms with Crippen molar-refractivity contribution in [2.45, 2.75) is 40.0 Å². The lowest BCUT2D eigenvalue weighted by Crippen LogP contribution is -3.00. The third kappa shape index (κ3) is 4.22. The van der Waals surface area contributed by atoms with Crippen LogP contribution in [-0.2, 0) is 12.8 Å². The van der Waals surface area contributed by atoms with Gasteiger partial charge in [0.2, 0.25) is 0 Å². The van der Waals surface area contributed by atoms with E-state index in [-0.39, 0.29) is 12.4 Å². The number of rotatable bonds is 4. The summed E-state index contributed by atoms with van der Waals surface area (Å²) < 4.78 is 5.62.